The topological polar surface area (TPSA) is 26.3 Å². The van der Waals surface area contributed by atoms with Crippen LogP contribution < -0.4 is 9.20 Å². The fraction of sp³-hybridized carbons (Fsp3) is 0.0645. The molecule has 0 atom stereocenters. The van der Waals surface area contributed by atoms with Crippen LogP contribution in [0.5, 0.6) is 5.75 Å². The number of hydrogen-bond acceptors (Lipinski definition) is 2. The minimum absolute atomic E-state index is 0.00696. The van der Waals surface area contributed by atoms with Gasteiger partial charge in [0.2, 0.25) is 0 Å². The van der Waals surface area contributed by atoms with Crippen molar-refractivity contribution in [3.05, 3.63) is 141 Å². The number of Topliss-reactive ketones (excluding diaryl/α,β-unsaturated/α-hetero) is 1. The van der Waals surface area contributed by atoms with Crippen molar-refractivity contribution in [1.29, 1.82) is 0 Å². The van der Waals surface area contributed by atoms with Crippen molar-refractivity contribution in [3.8, 4) is 5.75 Å². The number of carbonyl (C=O) groups excluding carboxylic acids is 1. The minimum atomic E-state index is 0.00696. The molecule has 0 amide bonds. The summed E-state index contributed by atoms with van der Waals surface area (Å²) in [7, 11) is 0. The Morgan fingerprint density at radius 2 is 1.29 bits per heavy atom. The molecule has 0 unspecified atom stereocenters. The SMILES string of the molecule is Cc1ccc(OC2=C(/C(=C\[Se]c3ccc(C)cc3)c3ccccc3)C(=O)c3ccccc32)cc1. The number of aryl methyl sites for hydroxylation is 2. The summed E-state index contributed by atoms with van der Waals surface area (Å²) in [6.45, 7) is 4.14. The van der Waals surface area contributed by atoms with Crippen molar-refractivity contribution in [2.75, 3.05) is 0 Å². The van der Waals surface area contributed by atoms with Gasteiger partial charge in [-0.15, -0.1) is 0 Å². The third kappa shape index (κ3) is 4.54. The molecule has 3 heteroatoms. The number of ether oxygens (including phenoxy) is 1. The summed E-state index contributed by atoms with van der Waals surface area (Å²) in [6, 6.07) is 34.4. The average Bonchev–Trinajstić information content (AvgIpc) is 3.14. The number of rotatable bonds is 6. The van der Waals surface area contributed by atoms with Crippen LogP contribution >= 0.6 is 0 Å². The third-order valence-electron chi connectivity index (χ3n) is 5.80. The Morgan fingerprint density at radius 1 is 0.706 bits per heavy atom. The van der Waals surface area contributed by atoms with E-state index >= 15 is 0 Å². The van der Waals surface area contributed by atoms with Crippen LogP contribution in [0.4, 0.5) is 0 Å². The van der Waals surface area contributed by atoms with E-state index in [-0.39, 0.29) is 20.7 Å². The van der Waals surface area contributed by atoms with Crippen molar-refractivity contribution in [2.24, 2.45) is 0 Å². The molecule has 0 saturated carbocycles. The summed E-state index contributed by atoms with van der Waals surface area (Å²) in [5.41, 5.74) is 6.49. The van der Waals surface area contributed by atoms with Gasteiger partial charge in [0.25, 0.3) is 0 Å². The molecule has 0 spiro atoms. The van der Waals surface area contributed by atoms with Crippen molar-refractivity contribution in [2.45, 2.75) is 13.8 Å². The van der Waals surface area contributed by atoms with E-state index in [1.807, 2.05) is 73.7 Å². The standard InChI is InChI=1S/C31H24O2Se/c1-21-12-16-24(17-13-21)33-31-27-11-7-6-10-26(27)30(32)29(31)28(23-8-4-3-5-9-23)20-34-25-18-14-22(2)15-19-25/h3-20H,1-2H3/b28-20-. The molecule has 5 rings (SSSR count). The molecule has 0 N–H and O–H groups in total. The Bertz CT molecular complexity index is 1400. The van der Waals surface area contributed by atoms with Crippen LogP contribution in [0.1, 0.15) is 32.6 Å². The molecule has 0 aliphatic heterocycles. The Balaban J connectivity index is 1.66. The van der Waals surface area contributed by atoms with E-state index in [0.717, 1.165) is 28.0 Å². The van der Waals surface area contributed by atoms with Gasteiger partial charge in [-0.2, -0.15) is 0 Å². The molecule has 166 valence electrons. The van der Waals surface area contributed by atoms with E-state index in [9.17, 15) is 4.79 Å². The second kappa shape index (κ2) is 9.69. The quantitative estimate of drug-likeness (QED) is 0.284. The number of hydrogen-bond donors (Lipinski definition) is 0. The number of allylic oxidation sites excluding steroid dienone is 2. The molecular formula is C31H24O2Se. The first-order valence-corrected chi connectivity index (χ1v) is 13.1. The van der Waals surface area contributed by atoms with Crippen molar-refractivity contribution < 1.29 is 9.53 Å². The Labute approximate surface area is 206 Å². The second-order valence-electron chi connectivity index (χ2n) is 8.32. The molecule has 1 aliphatic rings. The van der Waals surface area contributed by atoms with Gasteiger partial charge in [0.05, 0.1) is 0 Å². The van der Waals surface area contributed by atoms with Crippen LogP contribution in [0.3, 0.4) is 0 Å². The number of ketones is 1. The van der Waals surface area contributed by atoms with E-state index < -0.39 is 0 Å². The normalized spacial score (nSPS) is 13.2. The molecule has 4 aromatic carbocycles. The molecule has 0 fully saturated rings. The predicted molar refractivity (Wildman–Crippen MR) is 140 cm³/mol. The second-order valence-corrected chi connectivity index (χ2v) is 10.3. The summed E-state index contributed by atoms with van der Waals surface area (Å²) in [4.78, 5) is 16.0. The van der Waals surface area contributed by atoms with Crippen LogP contribution in [0.2, 0.25) is 0 Å². The number of fused-ring (bicyclic) bond motifs is 1. The van der Waals surface area contributed by atoms with E-state index in [2.05, 4.69) is 48.3 Å². The molecule has 1 aliphatic carbocycles. The van der Waals surface area contributed by atoms with Gasteiger partial charge in [0, 0.05) is 0 Å². The van der Waals surface area contributed by atoms with Crippen LogP contribution in [0.25, 0.3) is 11.3 Å². The molecule has 0 saturated heterocycles. The maximum atomic E-state index is 13.8. The number of benzene rings is 4. The van der Waals surface area contributed by atoms with Gasteiger partial charge in [0.15, 0.2) is 0 Å². The predicted octanol–water partition coefficient (Wildman–Crippen LogP) is 6.36. The average molecular weight is 507 g/mol. The van der Waals surface area contributed by atoms with Crippen molar-refractivity contribution in [1.82, 2.24) is 0 Å². The van der Waals surface area contributed by atoms with Gasteiger partial charge in [-0.25, -0.2) is 0 Å². The van der Waals surface area contributed by atoms with Gasteiger partial charge in [-0.05, 0) is 0 Å². The zero-order valence-electron chi connectivity index (χ0n) is 19.1. The van der Waals surface area contributed by atoms with Crippen LogP contribution in [0, 0.1) is 13.8 Å². The van der Waals surface area contributed by atoms with E-state index in [0.29, 0.717) is 16.9 Å². The van der Waals surface area contributed by atoms with Gasteiger partial charge in [-0.3, -0.25) is 0 Å². The first-order chi connectivity index (χ1) is 16.6. The zero-order valence-corrected chi connectivity index (χ0v) is 20.8. The van der Waals surface area contributed by atoms with Gasteiger partial charge >= 0.3 is 207 Å². The van der Waals surface area contributed by atoms with E-state index in [1.165, 1.54) is 10.0 Å². The first kappa shape index (κ1) is 22.2. The van der Waals surface area contributed by atoms with Crippen LogP contribution in [-0.4, -0.2) is 20.7 Å². The van der Waals surface area contributed by atoms with Crippen molar-refractivity contribution in [3.63, 3.8) is 0 Å². The molecule has 4 aromatic rings. The number of carbonyl (C=O) groups is 1. The summed E-state index contributed by atoms with van der Waals surface area (Å²) >= 11 is 0.0515. The molecule has 0 bridgehead atoms. The summed E-state index contributed by atoms with van der Waals surface area (Å²) in [5, 5.41) is 0. The van der Waals surface area contributed by atoms with Gasteiger partial charge in [-0.1, -0.05) is 0 Å². The van der Waals surface area contributed by atoms with E-state index in [1.54, 1.807) is 0 Å². The fourth-order valence-electron chi connectivity index (χ4n) is 3.96. The summed E-state index contributed by atoms with van der Waals surface area (Å²) < 4.78 is 7.70. The van der Waals surface area contributed by atoms with E-state index in [4.69, 9.17) is 4.74 Å². The summed E-state index contributed by atoms with van der Waals surface area (Å²) in [6.07, 6.45) is 0. The van der Waals surface area contributed by atoms with Crippen molar-refractivity contribution >= 4 is 36.5 Å². The molecule has 0 radical (unpaired) electrons. The fourth-order valence-corrected chi connectivity index (χ4v) is 5.64. The summed E-state index contributed by atoms with van der Waals surface area (Å²) in [5.74, 6) is 1.35. The molecule has 0 heterocycles. The third-order valence-corrected chi connectivity index (χ3v) is 7.68. The van der Waals surface area contributed by atoms with Gasteiger partial charge < -0.3 is 0 Å². The maximum absolute atomic E-state index is 13.8. The zero-order chi connectivity index (χ0) is 23.5. The molecule has 34 heavy (non-hydrogen) atoms. The molecular weight excluding hydrogens is 483 g/mol. The Morgan fingerprint density at radius 3 is 1.97 bits per heavy atom. The molecule has 0 aromatic heterocycles. The van der Waals surface area contributed by atoms with Gasteiger partial charge in [0.1, 0.15) is 0 Å². The van der Waals surface area contributed by atoms with Crippen LogP contribution in [-0.2, 0) is 0 Å². The Kier molecular flexibility index (Phi) is 6.31. The monoisotopic (exact) mass is 508 g/mol. The first-order valence-electron chi connectivity index (χ1n) is 11.2. The van der Waals surface area contributed by atoms with Crippen LogP contribution in [0.15, 0.2) is 114 Å². The molecule has 2 nitrogen and oxygen atoms in total. The Hall–Kier alpha value is -3.65.